The third-order valence-electron chi connectivity index (χ3n) is 7.23. The molecule has 38 heavy (non-hydrogen) atoms. The van der Waals surface area contributed by atoms with Gasteiger partial charge in [-0.2, -0.15) is 0 Å². The van der Waals surface area contributed by atoms with Crippen LogP contribution in [-0.4, -0.2) is 18.3 Å². The Morgan fingerprint density at radius 2 is 0.500 bits per heavy atom. The molecule has 0 aliphatic heterocycles. The minimum absolute atomic E-state index is 0.0997. The molecule has 0 N–H and O–H groups in total. The van der Waals surface area contributed by atoms with E-state index in [2.05, 4.69) is 83.1 Å². The van der Waals surface area contributed by atoms with Crippen LogP contribution in [0.25, 0.3) is 0 Å². The fraction of sp³-hybridized carbons (Fsp3) is 1.00. The van der Waals surface area contributed by atoms with Crippen LogP contribution in [0.2, 0.25) is 0 Å². The van der Waals surface area contributed by atoms with E-state index in [4.69, 9.17) is 13.6 Å². The summed E-state index contributed by atoms with van der Waals surface area (Å²) in [5.41, 5.74) is 0. The molecule has 0 radical (unpaired) electrons. The third-order valence-corrected chi connectivity index (χ3v) is 8.90. The molecule has 0 spiro atoms. The molecule has 0 amide bonds. The number of phosphoric ester groups is 1. The summed E-state index contributed by atoms with van der Waals surface area (Å²) in [7, 11) is -3.75. The molecule has 0 aliphatic rings. The molecule has 230 valence electrons. The summed E-state index contributed by atoms with van der Waals surface area (Å²) in [4.78, 5) is 0. The van der Waals surface area contributed by atoms with E-state index < -0.39 is 7.82 Å². The lowest BCUT2D eigenvalue weighted by Crippen LogP contribution is -2.23. The van der Waals surface area contributed by atoms with Crippen LogP contribution >= 0.6 is 7.82 Å². The molecule has 0 aromatic heterocycles. The van der Waals surface area contributed by atoms with Crippen molar-refractivity contribution in [1.82, 2.24) is 0 Å². The number of hydrogen-bond donors (Lipinski definition) is 0. The first-order valence-electron chi connectivity index (χ1n) is 16.3. The van der Waals surface area contributed by atoms with Crippen molar-refractivity contribution in [3.05, 3.63) is 0 Å². The molecular weight excluding hydrogens is 491 g/mol. The Morgan fingerprint density at radius 3 is 0.632 bits per heavy atom. The van der Waals surface area contributed by atoms with Gasteiger partial charge in [0.1, 0.15) is 0 Å². The van der Waals surface area contributed by atoms with Gasteiger partial charge in [-0.1, -0.05) is 83.1 Å². The van der Waals surface area contributed by atoms with Gasteiger partial charge in [0.15, 0.2) is 0 Å². The lowest BCUT2D eigenvalue weighted by Gasteiger charge is -2.31. The van der Waals surface area contributed by atoms with Gasteiger partial charge in [0.05, 0.1) is 18.3 Å². The van der Waals surface area contributed by atoms with Gasteiger partial charge in [-0.15, -0.1) is 0 Å². The maximum Gasteiger partial charge on any atom is 0.475 e. The summed E-state index contributed by atoms with van der Waals surface area (Å²) < 4.78 is 34.3. The van der Waals surface area contributed by atoms with Crippen LogP contribution < -0.4 is 0 Å². The summed E-state index contributed by atoms with van der Waals surface area (Å²) in [6, 6.07) is 0. The molecule has 0 bridgehead atoms. The largest absolute Gasteiger partial charge is 0.475 e. The van der Waals surface area contributed by atoms with E-state index in [1.165, 1.54) is 0 Å². The Bertz CT molecular complexity index is 483. The standard InChI is InChI=1S/C33H69O4P/c1-25(2)13-19-31(20-14-26(3)4)35-38(34,36-32(21-15-27(5)6)22-16-28(7)8)37-33(23-17-29(9)10)24-18-30(11)12/h25-33H,13-24H2,1-12H3. The van der Waals surface area contributed by atoms with Crippen molar-refractivity contribution in [3.63, 3.8) is 0 Å². The van der Waals surface area contributed by atoms with E-state index >= 15 is 0 Å². The maximum absolute atomic E-state index is 14.6. The second kappa shape index (κ2) is 20.9. The van der Waals surface area contributed by atoms with Crippen LogP contribution in [0.1, 0.15) is 160 Å². The summed E-state index contributed by atoms with van der Waals surface area (Å²) in [5, 5.41) is 0. The van der Waals surface area contributed by atoms with E-state index in [0.29, 0.717) is 35.5 Å². The first kappa shape index (κ1) is 38.1. The van der Waals surface area contributed by atoms with Gasteiger partial charge in [-0.25, -0.2) is 4.57 Å². The first-order chi connectivity index (χ1) is 17.6. The number of phosphoric acid groups is 1. The Hall–Kier alpha value is 0.110. The molecule has 0 aromatic rings. The molecule has 0 unspecified atom stereocenters. The molecule has 0 saturated carbocycles. The summed E-state index contributed by atoms with van der Waals surface area (Å²) >= 11 is 0. The van der Waals surface area contributed by atoms with Gasteiger partial charge in [0, 0.05) is 0 Å². The normalized spacial score (nSPS) is 13.4. The van der Waals surface area contributed by atoms with Gasteiger partial charge in [-0.3, -0.25) is 13.6 Å². The van der Waals surface area contributed by atoms with E-state index in [1.54, 1.807) is 0 Å². The Kier molecular flexibility index (Phi) is 21.0. The highest BCUT2D eigenvalue weighted by Gasteiger charge is 2.37. The van der Waals surface area contributed by atoms with E-state index in [1.807, 2.05) is 0 Å². The van der Waals surface area contributed by atoms with Crippen molar-refractivity contribution in [2.75, 3.05) is 0 Å². The number of rotatable bonds is 24. The second-order valence-electron chi connectivity index (χ2n) is 14.5. The maximum atomic E-state index is 14.6. The van der Waals surface area contributed by atoms with Crippen molar-refractivity contribution < 1.29 is 18.1 Å². The van der Waals surface area contributed by atoms with Crippen LogP contribution in [0.5, 0.6) is 0 Å². The zero-order valence-corrected chi connectivity index (χ0v) is 28.7. The smallest absolute Gasteiger partial charge is 0.284 e. The molecule has 0 aromatic carbocycles. The molecule has 4 nitrogen and oxygen atoms in total. The molecule has 0 atom stereocenters. The minimum Gasteiger partial charge on any atom is -0.284 e. The lowest BCUT2D eigenvalue weighted by atomic mass is 9.99. The van der Waals surface area contributed by atoms with Crippen molar-refractivity contribution in [3.8, 4) is 0 Å². The molecule has 0 rings (SSSR count). The van der Waals surface area contributed by atoms with Crippen molar-refractivity contribution in [2.45, 2.75) is 178 Å². The van der Waals surface area contributed by atoms with Crippen LogP contribution in [0, 0.1) is 35.5 Å². The molecule has 0 fully saturated rings. The van der Waals surface area contributed by atoms with E-state index in [9.17, 15) is 4.57 Å². The molecule has 0 saturated heterocycles. The fourth-order valence-electron chi connectivity index (χ4n) is 4.49. The second-order valence-corrected chi connectivity index (χ2v) is 16.0. The predicted molar refractivity (Wildman–Crippen MR) is 167 cm³/mol. The van der Waals surface area contributed by atoms with E-state index in [-0.39, 0.29) is 18.3 Å². The summed E-state index contributed by atoms with van der Waals surface area (Å²) in [6.45, 7) is 26.9. The predicted octanol–water partition coefficient (Wildman–Crippen LogP) is 11.9. The van der Waals surface area contributed by atoms with Crippen LogP contribution in [-0.2, 0) is 18.1 Å². The third kappa shape index (κ3) is 21.9. The molecule has 0 heterocycles. The number of hydrogen-bond acceptors (Lipinski definition) is 4. The van der Waals surface area contributed by atoms with Crippen LogP contribution in [0.15, 0.2) is 0 Å². The van der Waals surface area contributed by atoms with Crippen molar-refractivity contribution in [1.29, 1.82) is 0 Å². The highest BCUT2D eigenvalue weighted by Crippen LogP contribution is 2.55. The Labute approximate surface area is 239 Å². The minimum atomic E-state index is -3.75. The Morgan fingerprint density at radius 1 is 0.342 bits per heavy atom. The average Bonchev–Trinajstić information content (AvgIpc) is 2.78. The van der Waals surface area contributed by atoms with Gasteiger partial charge in [0.2, 0.25) is 0 Å². The molecule has 5 heteroatoms. The van der Waals surface area contributed by atoms with Gasteiger partial charge >= 0.3 is 7.82 Å². The van der Waals surface area contributed by atoms with Crippen LogP contribution in [0.3, 0.4) is 0 Å². The highest BCUT2D eigenvalue weighted by atomic mass is 31.2. The van der Waals surface area contributed by atoms with Gasteiger partial charge in [-0.05, 0) is 113 Å². The van der Waals surface area contributed by atoms with Crippen molar-refractivity contribution >= 4 is 7.82 Å². The molecule has 0 aliphatic carbocycles. The quantitative estimate of drug-likeness (QED) is 0.110. The van der Waals surface area contributed by atoms with Crippen molar-refractivity contribution in [2.24, 2.45) is 35.5 Å². The lowest BCUT2D eigenvalue weighted by molar-refractivity contribution is 0.0122. The SMILES string of the molecule is CC(C)CCC(CCC(C)C)OP(=O)(OC(CCC(C)C)CCC(C)C)OC(CCC(C)C)CCC(C)C. The molecular formula is C33H69O4P. The Balaban J connectivity index is 6.05. The summed E-state index contributed by atoms with van der Waals surface area (Å²) in [6.07, 6.45) is 11.4. The zero-order chi connectivity index (χ0) is 29.3. The van der Waals surface area contributed by atoms with Crippen LogP contribution in [0.4, 0.5) is 0 Å². The van der Waals surface area contributed by atoms with Gasteiger partial charge in [0.25, 0.3) is 0 Å². The fourth-order valence-corrected chi connectivity index (χ4v) is 6.36. The zero-order valence-electron chi connectivity index (χ0n) is 27.8. The highest BCUT2D eigenvalue weighted by molar-refractivity contribution is 7.48. The average molecular weight is 561 g/mol. The summed E-state index contributed by atoms with van der Waals surface area (Å²) in [5.74, 6) is 3.48. The monoisotopic (exact) mass is 560 g/mol. The van der Waals surface area contributed by atoms with Gasteiger partial charge < -0.3 is 0 Å². The first-order valence-corrected chi connectivity index (χ1v) is 17.7. The van der Waals surface area contributed by atoms with E-state index in [0.717, 1.165) is 77.0 Å². The topological polar surface area (TPSA) is 44.8 Å².